The number of nitrogens with zero attached hydrogens (tertiary/aromatic N) is 1. The second kappa shape index (κ2) is 10.1. The number of alkyl halides is 3. The van der Waals surface area contributed by atoms with Gasteiger partial charge in [0.05, 0.1) is 16.7 Å². The number of benzene rings is 4. The number of para-hydroxylation sites is 2. The molecule has 0 aliphatic heterocycles. The molecule has 0 amide bonds. The summed E-state index contributed by atoms with van der Waals surface area (Å²) in [4.78, 5) is 7.06. The van der Waals surface area contributed by atoms with E-state index in [9.17, 15) is 21.6 Å². The van der Waals surface area contributed by atoms with Crippen LogP contribution in [0.2, 0.25) is 0 Å². The van der Waals surface area contributed by atoms with Gasteiger partial charge in [0.2, 0.25) is 0 Å². The van der Waals surface area contributed by atoms with E-state index in [1.807, 2.05) is 54.6 Å². The zero-order chi connectivity index (χ0) is 26.8. The number of rotatable bonds is 8. The fourth-order valence-electron chi connectivity index (χ4n) is 3.79. The van der Waals surface area contributed by atoms with Gasteiger partial charge in [0, 0.05) is 6.42 Å². The Morgan fingerprint density at radius 2 is 1.53 bits per heavy atom. The quantitative estimate of drug-likeness (QED) is 0.230. The average Bonchev–Trinajstić information content (AvgIpc) is 3.26. The van der Waals surface area contributed by atoms with E-state index in [0.717, 1.165) is 23.4 Å². The van der Waals surface area contributed by atoms with E-state index in [0.29, 0.717) is 29.0 Å². The van der Waals surface area contributed by atoms with Crippen molar-refractivity contribution in [3.63, 3.8) is 0 Å². The van der Waals surface area contributed by atoms with Crippen molar-refractivity contribution in [3.8, 4) is 17.2 Å². The summed E-state index contributed by atoms with van der Waals surface area (Å²) in [7, 11) is -4.37. The molecule has 0 bridgehead atoms. The second-order valence-corrected chi connectivity index (χ2v) is 9.90. The Balaban J connectivity index is 1.31. The largest absolute Gasteiger partial charge is 0.573 e. The third-order valence-electron chi connectivity index (χ3n) is 5.42. The molecular weight excluding hydrogens is 519 g/mol. The highest BCUT2D eigenvalue weighted by molar-refractivity contribution is 7.92. The SMILES string of the molecule is O=S(=O)(Nc1ccc2nc(Cc3ccc(Oc4ccccc4)cc3)[nH]c2c1)c1ccccc1OC(F)(F)F. The van der Waals surface area contributed by atoms with E-state index in [-0.39, 0.29) is 5.69 Å². The number of fused-ring (bicyclic) bond motifs is 1. The van der Waals surface area contributed by atoms with E-state index < -0.39 is 27.0 Å². The topological polar surface area (TPSA) is 93.3 Å². The molecule has 38 heavy (non-hydrogen) atoms. The van der Waals surface area contributed by atoms with Crippen molar-refractivity contribution in [1.29, 1.82) is 0 Å². The Kier molecular flexibility index (Phi) is 6.68. The summed E-state index contributed by atoms with van der Waals surface area (Å²) in [6, 6.07) is 26.1. The molecule has 1 aromatic heterocycles. The van der Waals surface area contributed by atoms with Gasteiger partial charge in [-0.3, -0.25) is 4.72 Å². The zero-order valence-corrected chi connectivity index (χ0v) is 20.4. The van der Waals surface area contributed by atoms with Gasteiger partial charge in [-0.2, -0.15) is 0 Å². The molecule has 0 saturated heterocycles. The lowest BCUT2D eigenvalue weighted by Gasteiger charge is -2.14. The molecule has 0 atom stereocenters. The lowest BCUT2D eigenvalue weighted by Crippen LogP contribution is -2.20. The van der Waals surface area contributed by atoms with Gasteiger partial charge in [0.1, 0.15) is 28.0 Å². The van der Waals surface area contributed by atoms with Crippen LogP contribution in [0.1, 0.15) is 11.4 Å². The van der Waals surface area contributed by atoms with Crippen LogP contribution in [-0.2, 0) is 16.4 Å². The van der Waals surface area contributed by atoms with Gasteiger partial charge in [-0.25, -0.2) is 13.4 Å². The average molecular weight is 540 g/mol. The molecule has 5 aromatic rings. The van der Waals surface area contributed by atoms with Crippen molar-refractivity contribution in [1.82, 2.24) is 9.97 Å². The standard InChI is InChI=1S/C27H20F3N3O4S/c28-27(29,30)37-24-8-4-5-9-25(24)38(34,35)33-19-12-15-22-23(17-19)32-26(31-22)16-18-10-13-21(14-11-18)36-20-6-2-1-3-7-20/h1-15,17,33H,16H2,(H,31,32). The molecule has 11 heteroatoms. The number of aromatic nitrogens is 2. The Morgan fingerprint density at radius 3 is 2.26 bits per heavy atom. The van der Waals surface area contributed by atoms with Gasteiger partial charge in [0.25, 0.3) is 10.0 Å². The van der Waals surface area contributed by atoms with Crippen LogP contribution in [0, 0.1) is 0 Å². The fraction of sp³-hybridized carbons (Fsp3) is 0.0741. The molecule has 2 N–H and O–H groups in total. The number of ether oxygens (including phenoxy) is 2. The van der Waals surface area contributed by atoms with Gasteiger partial charge in [-0.15, -0.1) is 13.2 Å². The minimum atomic E-state index is -5.04. The highest BCUT2D eigenvalue weighted by atomic mass is 32.2. The summed E-state index contributed by atoms with van der Waals surface area (Å²) in [5.41, 5.74) is 2.29. The van der Waals surface area contributed by atoms with E-state index in [1.165, 1.54) is 24.3 Å². The van der Waals surface area contributed by atoms with Crippen LogP contribution >= 0.6 is 0 Å². The van der Waals surface area contributed by atoms with Crippen LogP contribution in [0.25, 0.3) is 11.0 Å². The third-order valence-corrected chi connectivity index (χ3v) is 6.84. The number of anilines is 1. The van der Waals surface area contributed by atoms with Gasteiger partial charge in [0.15, 0.2) is 0 Å². The smallest absolute Gasteiger partial charge is 0.457 e. The Labute approximate surface area is 215 Å². The van der Waals surface area contributed by atoms with Crippen molar-refractivity contribution in [3.05, 3.63) is 108 Å². The normalized spacial score (nSPS) is 11.9. The molecular formula is C27H20F3N3O4S. The van der Waals surface area contributed by atoms with Crippen LogP contribution < -0.4 is 14.2 Å². The summed E-state index contributed by atoms with van der Waals surface area (Å²) in [5.74, 6) is 1.27. The van der Waals surface area contributed by atoms with Gasteiger partial charge in [-0.05, 0) is 60.2 Å². The summed E-state index contributed by atoms with van der Waals surface area (Å²) in [6.45, 7) is 0. The summed E-state index contributed by atoms with van der Waals surface area (Å²) >= 11 is 0. The summed E-state index contributed by atoms with van der Waals surface area (Å²) < 4.78 is 75.8. The number of aromatic amines is 1. The highest BCUT2D eigenvalue weighted by Gasteiger charge is 2.34. The van der Waals surface area contributed by atoms with E-state index in [4.69, 9.17) is 4.74 Å². The number of halogens is 3. The van der Waals surface area contributed by atoms with Gasteiger partial charge >= 0.3 is 6.36 Å². The van der Waals surface area contributed by atoms with E-state index in [1.54, 1.807) is 6.07 Å². The molecule has 7 nitrogen and oxygen atoms in total. The molecule has 0 aliphatic carbocycles. The maximum atomic E-state index is 12.8. The minimum absolute atomic E-state index is 0.150. The predicted molar refractivity (Wildman–Crippen MR) is 136 cm³/mol. The van der Waals surface area contributed by atoms with Crippen molar-refractivity contribution < 1.29 is 31.1 Å². The van der Waals surface area contributed by atoms with E-state index in [2.05, 4.69) is 19.4 Å². The molecule has 0 radical (unpaired) electrons. The maximum absolute atomic E-state index is 12.8. The molecule has 4 aromatic carbocycles. The predicted octanol–water partition coefficient (Wildman–Crippen LogP) is 6.65. The number of hydrogen-bond donors (Lipinski definition) is 2. The van der Waals surface area contributed by atoms with Crippen LogP contribution in [0.5, 0.6) is 17.2 Å². The summed E-state index contributed by atoms with van der Waals surface area (Å²) in [6.07, 6.45) is -4.55. The Morgan fingerprint density at radius 1 is 0.842 bits per heavy atom. The number of H-pyrrole nitrogens is 1. The molecule has 194 valence electrons. The first-order chi connectivity index (χ1) is 18.1. The summed E-state index contributed by atoms with van der Waals surface area (Å²) in [5, 5.41) is 0. The molecule has 0 spiro atoms. The first-order valence-corrected chi connectivity index (χ1v) is 12.8. The minimum Gasteiger partial charge on any atom is -0.457 e. The molecule has 5 rings (SSSR count). The van der Waals surface area contributed by atoms with Gasteiger partial charge < -0.3 is 14.5 Å². The highest BCUT2D eigenvalue weighted by Crippen LogP contribution is 2.31. The first kappa shape index (κ1) is 25.2. The molecule has 1 heterocycles. The third kappa shape index (κ3) is 6.06. The van der Waals surface area contributed by atoms with Crippen LogP contribution in [0.4, 0.5) is 18.9 Å². The maximum Gasteiger partial charge on any atom is 0.573 e. The Bertz CT molecular complexity index is 1670. The van der Waals surface area contributed by atoms with Crippen molar-refractivity contribution in [2.24, 2.45) is 0 Å². The van der Waals surface area contributed by atoms with Crippen LogP contribution in [-0.4, -0.2) is 24.7 Å². The van der Waals surface area contributed by atoms with Crippen molar-refractivity contribution in [2.45, 2.75) is 17.7 Å². The van der Waals surface area contributed by atoms with Crippen molar-refractivity contribution in [2.75, 3.05) is 4.72 Å². The van der Waals surface area contributed by atoms with Crippen LogP contribution in [0.3, 0.4) is 0 Å². The molecule has 0 saturated carbocycles. The van der Waals surface area contributed by atoms with Crippen LogP contribution in [0.15, 0.2) is 102 Å². The first-order valence-electron chi connectivity index (χ1n) is 11.3. The Hall–Kier alpha value is -4.51. The monoisotopic (exact) mass is 539 g/mol. The van der Waals surface area contributed by atoms with E-state index >= 15 is 0 Å². The number of hydrogen-bond acceptors (Lipinski definition) is 5. The molecule has 0 unspecified atom stereocenters. The number of sulfonamides is 1. The van der Waals surface area contributed by atoms with Gasteiger partial charge in [-0.1, -0.05) is 42.5 Å². The number of imidazole rings is 1. The fourth-order valence-corrected chi connectivity index (χ4v) is 4.97. The van der Waals surface area contributed by atoms with Crippen molar-refractivity contribution >= 4 is 26.7 Å². The molecule has 0 fully saturated rings. The molecule has 0 aliphatic rings. The lowest BCUT2D eigenvalue weighted by atomic mass is 10.1. The zero-order valence-electron chi connectivity index (χ0n) is 19.6. The lowest BCUT2D eigenvalue weighted by molar-refractivity contribution is -0.275. The number of nitrogens with one attached hydrogen (secondary N) is 2. The second-order valence-electron chi connectivity index (χ2n) is 8.25.